The van der Waals surface area contributed by atoms with Crippen LogP contribution in [0.25, 0.3) is 11.4 Å². The molecule has 0 aliphatic rings. The van der Waals surface area contributed by atoms with Gasteiger partial charge in [0.2, 0.25) is 11.7 Å². The molecule has 0 radical (unpaired) electrons. The van der Waals surface area contributed by atoms with Gasteiger partial charge in [0.1, 0.15) is 11.5 Å². The van der Waals surface area contributed by atoms with Gasteiger partial charge in [0, 0.05) is 22.4 Å². The van der Waals surface area contributed by atoms with Gasteiger partial charge in [-0.2, -0.15) is 4.98 Å². The summed E-state index contributed by atoms with van der Waals surface area (Å²) in [5, 5.41) is 7.78. The van der Waals surface area contributed by atoms with Crippen molar-refractivity contribution in [3.05, 3.63) is 53.2 Å². The Morgan fingerprint density at radius 1 is 1.09 bits per heavy atom. The van der Waals surface area contributed by atoms with Crippen molar-refractivity contribution >= 4 is 10.8 Å². The highest BCUT2D eigenvalue weighted by Crippen LogP contribution is 2.20. The van der Waals surface area contributed by atoms with Gasteiger partial charge in [0.15, 0.2) is 0 Å². The Labute approximate surface area is 130 Å². The van der Waals surface area contributed by atoms with Gasteiger partial charge in [-0.1, -0.05) is 34.6 Å². The van der Waals surface area contributed by atoms with Crippen LogP contribution in [0.2, 0.25) is 0 Å². The van der Waals surface area contributed by atoms with E-state index in [4.69, 9.17) is 9.05 Å². The van der Waals surface area contributed by atoms with Gasteiger partial charge in [-0.15, -0.1) is 0 Å². The minimum atomic E-state index is -1.18. The second kappa shape index (κ2) is 6.23. The number of aromatic nitrogens is 3. The van der Waals surface area contributed by atoms with Crippen LogP contribution in [0.5, 0.6) is 0 Å². The molecular formula is C15H15N3O3S. The molecule has 0 saturated carbocycles. The van der Waals surface area contributed by atoms with Crippen LogP contribution >= 0.6 is 0 Å². The predicted octanol–water partition coefficient (Wildman–Crippen LogP) is 2.79. The fourth-order valence-corrected chi connectivity index (χ4v) is 3.05. The SMILES string of the molecule is Cc1cc(C[S@](=O)Cc2nc(-c3ccccc3C)no2)no1. The van der Waals surface area contributed by atoms with Crippen molar-refractivity contribution in [1.29, 1.82) is 0 Å². The van der Waals surface area contributed by atoms with Crippen molar-refractivity contribution in [1.82, 2.24) is 15.3 Å². The van der Waals surface area contributed by atoms with Crippen molar-refractivity contribution in [2.24, 2.45) is 0 Å². The maximum atomic E-state index is 12.1. The summed E-state index contributed by atoms with van der Waals surface area (Å²) in [5.41, 5.74) is 2.64. The second-order valence-electron chi connectivity index (χ2n) is 4.98. The Morgan fingerprint density at radius 2 is 1.91 bits per heavy atom. The van der Waals surface area contributed by atoms with Crippen molar-refractivity contribution in [3.8, 4) is 11.4 Å². The quantitative estimate of drug-likeness (QED) is 0.719. The minimum Gasteiger partial charge on any atom is -0.361 e. The van der Waals surface area contributed by atoms with Crippen LogP contribution in [0.3, 0.4) is 0 Å². The largest absolute Gasteiger partial charge is 0.361 e. The second-order valence-corrected chi connectivity index (χ2v) is 6.44. The number of rotatable bonds is 5. The van der Waals surface area contributed by atoms with Crippen LogP contribution in [-0.4, -0.2) is 19.5 Å². The predicted molar refractivity (Wildman–Crippen MR) is 81.3 cm³/mol. The minimum absolute atomic E-state index is 0.199. The summed E-state index contributed by atoms with van der Waals surface area (Å²) in [6.07, 6.45) is 0. The van der Waals surface area contributed by atoms with Gasteiger partial charge >= 0.3 is 0 Å². The number of hydrogen-bond acceptors (Lipinski definition) is 6. The molecule has 0 aliphatic carbocycles. The van der Waals surface area contributed by atoms with Crippen LogP contribution in [-0.2, 0) is 22.3 Å². The molecule has 6 nitrogen and oxygen atoms in total. The van der Waals surface area contributed by atoms with E-state index in [-0.39, 0.29) is 5.75 Å². The van der Waals surface area contributed by atoms with E-state index in [1.54, 1.807) is 13.0 Å². The maximum Gasteiger partial charge on any atom is 0.239 e. The molecule has 3 aromatic rings. The number of hydrogen-bond donors (Lipinski definition) is 0. The molecule has 0 saturated heterocycles. The molecule has 0 unspecified atom stereocenters. The molecule has 1 aromatic carbocycles. The first kappa shape index (κ1) is 14.6. The van der Waals surface area contributed by atoms with Crippen LogP contribution in [0, 0.1) is 13.8 Å². The van der Waals surface area contributed by atoms with E-state index < -0.39 is 10.8 Å². The molecule has 7 heteroatoms. The number of nitrogens with zero attached hydrogens (tertiary/aromatic N) is 3. The first-order valence-corrected chi connectivity index (χ1v) is 8.26. The molecule has 0 N–H and O–H groups in total. The highest BCUT2D eigenvalue weighted by Gasteiger charge is 2.14. The van der Waals surface area contributed by atoms with Gasteiger partial charge in [-0.05, 0) is 19.4 Å². The Morgan fingerprint density at radius 3 is 2.64 bits per heavy atom. The number of benzene rings is 1. The van der Waals surface area contributed by atoms with Crippen molar-refractivity contribution in [2.75, 3.05) is 0 Å². The average molecular weight is 317 g/mol. The van der Waals surface area contributed by atoms with Crippen LogP contribution in [0.15, 0.2) is 39.4 Å². The maximum absolute atomic E-state index is 12.1. The van der Waals surface area contributed by atoms with E-state index in [9.17, 15) is 4.21 Å². The summed E-state index contributed by atoms with van der Waals surface area (Å²) in [5.74, 6) is 2.08. The lowest BCUT2D eigenvalue weighted by atomic mass is 10.1. The topological polar surface area (TPSA) is 82.0 Å². The fourth-order valence-electron chi connectivity index (χ4n) is 2.09. The molecule has 2 heterocycles. The van der Waals surface area contributed by atoms with Gasteiger partial charge < -0.3 is 9.05 Å². The molecule has 0 fully saturated rings. The normalized spacial score (nSPS) is 12.5. The smallest absolute Gasteiger partial charge is 0.239 e. The Bertz CT molecular complexity index is 810. The van der Waals surface area contributed by atoms with E-state index in [0.29, 0.717) is 28.9 Å². The summed E-state index contributed by atoms with van der Waals surface area (Å²) >= 11 is 0. The lowest BCUT2D eigenvalue weighted by molar-refractivity contribution is 0.389. The molecule has 0 bridgehead atoms. The highest BCUT2D eigenvalue weighted by atomic mass is 32.2. The summed E-state index contributed by atoms with van der Waals surface area (Å²) in [6.45, 7) is 3.78. The lowest BCUT2D eigenvalue weighted by Gasteiger charge is -1.98. The van der Waals surface area contributed by atoms with E-state index in [0.717, 1.165) is 11.1 Å². The average Bonchev–Trinajstić information content (AvgIpc) is 3.09. The Kier molecular flexibility index (Phi) is 4.15. The van der Waals surface area contributed by atoms with E-state index >= 15 is 0 Å². The fraction of sp³-hybridized carbons (Fsp3) is 0.267. The van der Waals surface area contributed by atoms with Gasteiger partial charge in [0.05, 0.1) is 11.4 Å². The van der Waals surface area contributed by atoms with Crippen LogP contribution in [0.1, 0.15) is 22.9 Å². The van der Waals surface area contributed by atoms with Gasteiger partial charge in [-0.25, -0.2) is 0 Å². The highest BCUT2D eigenvalue weighted by molar-refractivity contribution is 7.83. The molecule has 0 spiro atoms. The zero-order valence-electron chi connectivity index (χ0n) is 12.3. The first-order valence-electron chi connectivity index (χ1n) is 6.77. The summed E-state index contributed by atoms with van der Waals surface area (Å²) in [4.78, 5) is 4.31. The third kappa shape index (κ3) is 3.30. The van der Waals surface area contributed by atoms with E-state index in [2.05, 4.69) is 15.3 Å². The molecule has 0 aliphatic heterocycles. The van der Waals surface area contributed by atoms with Gasteiger partial charge in [-0.3, -0.25) is 4.21 Å². The number of aryl methyl sites for hydroxylation is 2. The summed E-state index contributed by atoms with van der Waals surface area (Å²) in [6, 6.07) is 9.55. The van der Waals surface area contributed by atoms with Gasteiger partial charge in [0.25, 0.3) is 0 Å². The van der Waals surface area contributed by atoms with E-state index in [1.165, 1.54) is 0 Å². The van der Waals surface area contributed by atoms with Crippen molar-refractivity contribution < 1.29 is 13.3 Å². The molecule has 114 valence electrons. The van der Waals surface area contributed by atoms with Crippen molar-refractivity contribution in [3.63, 3.8) is 0 Å². The Balaban J connectivity index is 1.69. The monoisotopic (exact) mass is 317 g/mol. The van der Waals surface area contributed by atoms with Crippen molar-refractivity contribution in [2.45, 2.75) is 25.4 Å². The molecular weight excluding hydrogens is 302 g/mol. The van der Waals surface area contributed by atoms with Crippen LogP contribution < -0.4 is 0 Å². The third-order valence-corrected chi connectivity index (χ3v) is 4.31. The summed E-state index contributed by atoms with van der Waals surface area (Å²) < 4.78 is 22.2. The lowest BCUT2D eigenvalue weighted by Crippen LogP contribution is -2.00. The van der Waals surface area contributed by atoms with E-state index in [1.807, 2.05) is 31.2 Å². The zero-order valence-corrected chi connectivity index (χ0v) is 13.1. The third-order valence-electron chi connectivity index (χ3n) is 3.12. The molecule has 2 aromatic heterocycles. The summed E-state index contributed by atoms with van der Waals surface area (Å²) in [7, 11) is -1.18. The molecule has 22 heavy (non-hydrogen) atoms. The standard InChI is InChI=1S/C15H15N3O3S/c1-10-5-3-4-6-13(10)15-16-14(21-18-15)9-22(19)8-12-7-11(2)20-17-12/h3-7H,8-9H2,1-2H3/t22-/m0/s1. The molecule has 3 rings (SSSR count). The van der Waals surface area contributed by atoms with Crippen LogP contribution in [0.4, 0.5) is 0 Å². The zero-order chi connectivity index (χ0) is 15.5. The molecule has 1 atom stereocenters. The Hall–Kier alpha value is -2.28. The first-order chi connectivity index (χ1) is 10.6. The molecule has 0 amide bonds.